The Kier molecular flexibility index (Phi) is 3.33. The van der Waals surface area contributed by atoms with Crippen LogP contribution in [-0.2, 0) is 6.42 Å². The minimum Gasteiger partial charge on any atom is -0.393 e. The summed E-state index contributed by atoms with van der Waals surface area (Å²) in [5.74, 6) is -1.78. The first kappa shape index (κ1) is 10.5. The van der Waals surface area contributed by atoms with Crippen LogP contribution in [0.3, 0.4) is 0 Å². The Morgan fingerprint density at radius 3 is 2.46 bits per heavy atom. The lowest BCUT2D eigenvalue weighted by molar-refractivity contribution is 0.507. The van der Waals surface area contributed by atoms with Gasteiger partial charge in [0.2, 0.25) is 0 Å². The molecule has 1 aromatic carbocycles. The van der Waals surface area contributed by atoms with Crippen molar-refractivity contribution in [2.75, 3.05) is 0 Å². The zero-order chi connectivity index (χ0) is 10.0. The van der Waals surface area contributed by atoms with E-state index < -0.39 is 11.6 Å². The maximum atomic E-state index is 12.7. The molecule has 0 aromatic heterocycles. The van der Waals surface area contributed by atoms with Crippen LogP contribution in [-0.4, -0.2) is 4.99 Å². The van der Waals surface area contributed by atoms with E-state index in [0.29, 0.717) is 10.0 Å². The van der Waals surface area contributed by atoms with E-state index in [-0.39, 0.29) is 11.4 Å². The summed E-state index contributed by atoms with van der Waals surface area (Å²) in [4.78, 5) is 0.242. The lowest BCUT2D eigenvalue weighted by Crippen LogP contribution is -2.11. The summed E-state index contributed by atoms with van der Waals surface area (Å²) in [6.07, 6.45) is 0.257. The van der Waals surface area contributed by atoms with Crippen LogP contribution in [0.5, 0.6) is 0 Å². The van der Waals surface area contributed by atoms with Gasteiger partial charge in [0.1, 0.15) is 0 Å². The summed E-state index contributed by atoms with van der Waals surface area (Å²) < 4.78 is 25.8. The smallest absolute Gasteiger partial charge is 0.159 e. The maximum absolute atomic E-state index is 12.7. The van der Waals surface area contributed by atoms with E-state index in [4.69, 9.17) is 5.73 Å². The Morgan fingerprint density at radius 1 is 1.38 bits per heavy atom. The number of benzene rings is 1. The van der Waals surface area contributed by atoms with E-state index in [1.165, 1.54) is 0 Å². The molecule has 0 heterocycles. The molecule has 2 N–H and O–H groups in total. The molecule has 0 aliphatic rings. The van der Waals surface area contributed by atoms with Crippen molar-refractivity contribution in [1.82, 2.24) is 0 Å². The van der Waals surface area contributed by atoms with Gasteiger partial charge in [-0.05, 0) is 17.7 Å². The minimum atomic E-state index is -0.894. The zero-order valence-corrected chi connectivity index (χ0v) is 8.88. The van der Waals surface area contributed by atoms with Crippen LogP contribution in [0.1, 0.15) is 5.56 Å². The number of thiocarbonyl (C=S) groups is 1. The second-order valence-electron chi connectivity index (χ2n) is 2.50. The van der Waals surface area contributed by atoms with Gasteiger partial charge >= 0.3 is 0 Å². The van der Waals surface area contributed by atoms with Crippen molar-refractivity contribution in [1.29, 1.82) is 0 Å². The molecule has 0 unspecified atom stereocenters. The molecule has 0 spiro atoms. The van der Waals surface area contributed by atoms with E-state index in [1.807, 2.05) is 0 Å². The second-order valence-corrected chi connectivity index (χ2v) is 3.88. The van der Waals surface area contributed by atoms with Crippen LogP contribution in [0.4, 0.5) is 8.78 Å². The van der Waals surface area contributed by atoms with Crippen LogP contribution in [0, 0.1) is 11.6 Å². The first-order valence-corrected chi connectivity index (χ1v) is 4.62. The molecule has 1 nitrogen and oxygen atoms in total. The highest BCUT2D eigenvalue weighted by Crippen LogP contribution is 2.20. The Bertz CT molecular complexity index is 354. The summed E-state index contributed by atoms with van der Waals surface area (Å²) in [6, 6.07) is 2.14. The molecule has 0 fully saturated rings. The highest BCUT2D eigenvalue weighted by Gasteiger charge is 2.08. The molecular formula is C8H6BrF2NS. The number of rotatable bonds is 2. The third-order valence-corrected chi connectivity index (χ3v) is 2.34. The van der Waals surface area contributed by atoms with Crippen molar-refractivity contribution < 1.29 is 8.78 Å². The van der Waals surface area contributed by atoms with E-state index in [9.17, 15) is 8.78 Å². The van der Waals surface area contributed by atoms with Crippen LogP contribution in [0.15, 0.2) is 16.6 Å². The fourth-order valence-corrected chi connectivity index (χ4v) is 1.50. The zero-order valence-electron chi connectivity index (χ0n) is 6.48. The molecular weight excluding hydrogens is 260 g/mol. The van der Waals surface area contributed by atoms with E-state index >= 15 is 0 Å². The molecule has 0 bridgehead atoms. The molecule has 70 valence electrons. The van der Waals surface area contributed by atoms with Gasteiger partial charge in [0.25, 0.3) is 0 Å². The van der Waals surface area contributed by atoms with Crippen LogP contribution in [0.2, 0.25) is 0 Å². The number of halogens is 3. The predicted octanol–water partition coefficient (Wildman–Crippen LogP) is 2.56. The topological polar surface area (TPSA) is 26.0 Å². The van der Waals surface area contributed by atoms with E-state index in [0.717, 1.165) is 12.1 Å². The summed E-state index contributed by atoms with van der Waals surface area (Å²) in [6.45, 7) is 0. The van der Waals surface area contributed by atoms with Crippen LogP contribution < -0.4 is 5.73 Å². The molecule has 1 aromatic rings. The Morgan fingerprint density at radius 2 is 1.92 bits per heavy atom. The van der Waals surface area contributed by atoms with Gasteiger partial charge in [-0.25, -0.2) is 8.78 Å². The third kappa shape index (κ3) is 2.70. The van der Waals surface area contributed by atoms with Crippen molar-refractivity contribution in [3.05, 3.63) is 33.8 Å². The average Bonchev–Trinajstić information content (AvgIpc) is 1.99. The fraction of sp³-hybridized carbons (Fsp3) is 0.125. The molecule has 0 radical (unpaired) electrons. The van der Waals surface area contributed by atoms with Gasteiger partial charge in [-0.15, -0.1) is 0 Å². The maximum Gasteiger partial charge on any atom is 0.159 e. The SMILES string of the molecule is NC(=S)Cc1cc(F)c(F)cc1Br. The van der Waals surface area contributed by atoms with Crippen molar-refractivity contribution in [3.8, 4) is 0 Å². The van der Waals surface area contributed by atoms with Crippen molar-refractivity contribution in [3.63, 3.8) is 0 Å². The minimum absolute atomic E-state index is 0.242. The second kappa shape index (κ2) is 4.11. The highest BCUT2D eigenvalue weighted by molar-refractivity contribution is 9.10. The normalized spacial score (nSPS) is 10.1. The third-order valence-electron chi connectivity index (χ3n) is 1.45. The number of hydrogen-bond donors (Lipinski definition) is 1. The average molecular weight is 266 g/mol. The Labute approximate surface area is 88.1 Å². The first-order valence-electron chi connectivity index (χ1n) is 3.42. The monoisotopic (exact) mass is 265 g/mol. The lowest BCUT2D eigenvalue weighted by Gasteiger charge is -2.03. The summed E-state index contributed by atoms with van der Waals surface area (Å²) in [7, 11) is 0. The molecule has 0 amide bonds. The Balaban J connectivity index is 3.08. The summed E-state index contributed by atoms with van der Waals surface area (Å²) in [5.41, 5.74) is 5.82. The van der Waals surface area contributed by atoms with Crippen molar-refractivity contribution in [2.45, 2.75) is 6.42 Å². The standard InChI is InChI=1S/C8H6BrF2NS/c9-5-3-7(11)6(10)1-4(5)2-8(12)13/h1,3H,2H2,(H2,12,13). The van der Waals surface area contributed by atoms with Crippen LogP contribution in [0.25, 0.3) is 0 Å². The first-order chi connectivity index (χ1) is 6.00. The molecule has 5 heteroatoms. The van der Waals surface area contributed by atoms with Gasteiger partial charge in [0, 0.05) is 10.9 Å². The Hall–Kier alpha value is -0.550. The van der Waals surface area contributed by atoms with Gasteiger partial charge in [-0.2, -0.15) is 0 Å². The molecule has 13 heavy (non-hydrogen) atoms. The van der Waals surface area contributed by atoms with Gasteiger partial charge < -0.3 is 5.73 Å². The van der Waals surface area contributed by atoms with E-state index in [2.05, 4.69) is 28.1 Å². The van der Waals surface area contributed by atoms with Gasteiger partial charge in [0.05, 0.1) is 4.99 Å². The molecule has 0 saturated carbocycles. The summed E-state index contributed by atoms with van der Waals surface area (Å²) >= 11 is 7.74. The molecule has 0 aliphatic heterocycles. The van der Waals surface area contributed by atoms with E-state index in [1.54, 1.807) is 0 Å². The highest BCUT2D eigenvalue weighted by atomic mass is 79.9. The van der Waals surface area contributed by atoms with Crippen LogP contribution >= 0.6 is 28.1 Å². The summed E-state index contributed by atoms with van der Waals surface area (Å²) in [5, 5.41) is 0. The number of nitrogens with two attached hydrogens (primary N) is 1. The number of hydrogen-bond acceptors (Lipinski definition) is 1. The largest absolute Gasteiger partial charge is 0.393 e. The quantitative estimate of drug-likeness (QED) is 0.657. The van der Waals surface area contributed by atoms with Crippen molar-refractivity contribution >= 4 is 33.1 Å². The molecule has 0 aliphatic carbocycles. The lowest BCUT2D eigenvalue weighted by atomic mass is 10.1. The van der Waals surface area contributed by atoms with Crippen molar-refractivity contribution in [2.24, 2.45) is 5.73 Å². The molecule has 0 atom stereocenters. The predicted molar refractivity (Wildman–Crippen MR) is 54.5 cm³/mol. The molecule has 1 rings (SSSR count). The van der Waals surface area contributed by atoms with Gasteiger partial charge in [0.15, 0.2) is 11.6 Å². The molecule has 0 saturated heterocycles. The van der Waals surface area contributed by atoms with Gasteiger partial charge in [-0.3, -0.25) is 0 Å². The van der Waals surface area contributed by atoms with Gasteiger partial charge in [-0.1, -0.05) is 28.1 Å². The fourth-order valence-electron chi connectivity index (χ4n) is 0.887.